The van der Waals surface area contributed by atoms with Gasteiger partial charge >= 0.3 is 5.97 Å². The highest BCUT2D eigenvalue weighted by Gasteiger charge is 2.43. The largest absolute Gasteiger partial charge is 0.466 e. The van der Waals surface area contributed by atoms with Gasteiger partial charge in [-0.15, -0.1) is 0 Å². The number of ether oxygens (including phenoxy) is 1. The molecule has 0 spiro atoms. The number of benzene rings is 2. The Labute approximate surface area is 206 Å². The van der Waals surface area contributed by atoms with Crippen molar-refractivity contribution in [3.8, 4) is 16.9 Å². The fourth-order valence-corrected chi connectivity index (χ4v) is 5.33. The maximum atomic E-state index is 13.2. The summed E-state index contributed by atoms with van der Waals surface area (Å²) in [6, 6.07) is 16.3. The van der Waals surface area contributed by atoms with Crippen LogP contribution < -0.4 is 0 Å². The molecule has 1 saturated heterocycles. The van der Waals surface area contributed by atoms with E-state index in [4.69, 9.17) is 21.4 Å². The Hall–Kier alpha value is -3.36. The Morgan fingerprint density at radius 1 is 1.15 bits per heavy atom. The van der Waals surface area contributed by atoms with Crippen LogP contribution in [0, 0.1) is 0 Å². The molecule has 1 aromatic heterocycles. The third kappa shape index (κ3) is 3.93. The van der Waals surface area contributed by atoms with E-state index in [-0.39, 0.29) is 5.91 Å². The highest BCUT2D eigenvalue weighted by molar-refractivity contribution is 8.14. The summed E-state index contributed by atoms with van der Waals surface area (Å²) in [5.74, 6) is 0.0313. The smallest absolute Gasteiger partial charge is 0.338 e. The fraction of sp³-hybridized carbons (Fsp3) is 0.200. The van der Waals surface area contributed by atoms with Crippen molar-refractivity contribution in [1.29, 1.82) is 0 Å². The summed E-state index contributed by atoms with van der Waals surface area (Å²) >= 11 is 7.64. The van der Waals surface area contributed by atoms with E-state index in [1.165, 1.54) is 18.9 Å². The molecule has 7 nitrogen and oxygen atoms in total. The number of fused-ring (bicyclic) bond motifs is 1. The summed E-state index contributed by atoms with van der Waals surface area (Å²) in [7, 11) is 1.33. The number of thioether (sulfide) groups is 1. The van der Waals surface area contributed by atoms with Gasteiger partial charge in [-0.1, -0.05) is 53.7 Å². The topological polar surface area (TPSA) is 76.8 Å². The van der Waals surface area contributed by atoms with Crippen LogP contribution in [0.4, 0.5) is 0 Å². The van der Waals surface area contributed by atoms with Crippen LogP contribution in [0.1, 0.15) is 24.9 Å². The van der Waals surface area contributed by atoms with Crippen LogP contribution >= 0.6 is 23.4 Å². The van der Waals surface area contributed by atoms with Crippen molar-refractivity contribution < 1.29 is 14.3 Å². The number of carbonyl (C=O) groups is 2. The van der Waals surface area contributed by atoms with Gasteiger partial charge < -0.3 is 4.74 Å². The van der Waals surface area contributed by atoms with Crippen molar-refractivity contribution in [3.63, 3.8) is 0 Å². The highest BCUT2D eigenvalue weighted by Crippen LogP contribution is 2.43. The first-order valence-electron chi connectivity index (χ1n) is 10.7. The van der Waals surface area contributed by atoms with E-state index < -0.39 is 12.0 Å². The molecule has 1 atom stereocenters. The van der Waals surface area contributed by atoms with E-state index in [0.717, 1.165) is 11.3 Å². The lowest BCUT2D eigenvalue weighted by Crippen LogP contribution is -2.45. The van der Waals surface area contributed by atoms with E-state index in [0.29, 0.717) is 44.9 Å². The van der Waals surface area contributed by atoms with Crippen LogP contribution in [-0.4, -0.2) is 44.6 Å². The number of para-hydroxylation sites is 1. The van der Waals surface area contributed by atoms with Crippen molar-refractivity contribution >= 4 is 40.4 Å². The molecule has 172 valence electrons. The number of amidine groups is 1. The lowest BCUT2D eigenvalue weighted by molar-refractivity contribution is -0.137. The maximum Gasteiger partial charge on any atom is 0.338 e. The van der Waals surface area contributed by atoms with Crippen LogP contribution in [0.5, 0.6) is 0 Å². The molecule has 0 bridgehead atoms. The van der Waals surface area contributed by atoms with E-state index in [9.17, 15) is 9.59 Å². The molecule has 9 heteroatoms. The number of amides is 1. The number of nitrogens with zero attached hydrogens (tertiary/aromatic N) is 4. The van der Waals surface area contributed by atoms with E-state index >= 15 is 0 Å². The summed E-state index contributed by atoms with van der Waals surface area (Å²) in [5, 5.41) is 6.07. The normalized spacial score (nSPS) is 18.0. The van der Waals surface area contributed by atoms with Crippen LogP contribution in [0.25, 0.3) is 16.9 Å². The van der Waals surface area contributed by atoms with Gasteiger partial charge in [0.1, 0.15) is 6.04 Å². The highest BCUT2D eigenvalue weighted by atomic mass is 35.5. The van der Waals surface area contributed by atoms with Crippen LogP contribution in [0.2, 0.25) is 5.02 Å². The van der Waals surface area contributed by atoms with Crippen molar-refractivity contribution in [2.24, 2.45) is 4.99 Å². The summed E-state index contributed by atoms with van der Waals surface area (Å²) in [6.07, 6.45) is 2.23. The van der Waals surface area contributed by atoms with Gasteiger partial charge in [-0.05, 0) is 31.2 Å². The monoisotopic (exact) mass is 492 g/mol. The van der Waals surface area contributed by atoms with Gasteiger partial charge in [0.15, 0.2) is 5.17 Å². The molecule has 2 aromatic carbocycles. The van der Waals surface area contributed by atoms with E-state index in [1.54, 1.807) is 28.6 Å². The first-order chi connectivity index (χ1) is 16.5. The average molecular weight is 493 g/mol. The maximum absolute atomic E-state index is 13.2. The standard InChI is InChI=1S/C25H21ClN4O3S/c1-15-21(24(32)33-2)23(30-20(31)12-13-34-25(30)27-15)19-14-29(18-6-4-3-5-7-18)28-22(19)16-8-10-17(26)11-9-16/h3-11,14,23H,12-13H2,1-2H3. The second-order valence-electron chi connectivity index (χ2n) is 7.87. The lowest BCUT2D eigenvalue weighted by Gasteiger charge is -2.38. The number of hydrogen-bond donors (Lipinski definition) is 0. The third-order valence-corrected chi connectivity index (χ3v) is 6.99. The first kappa shape index (κ1) is 22.4. The number of esters is 1. The molecular weight excluding hydrogens is 472 g/mol. The quantitative estimate of drug-likeness (QED) is 0.478. The minimum absolute atomic E-state index is 0.0917. The van der Waals surface area contributed by atoms with Gasteiger partial charge in [0, 0.05) is 34.5 Å². The van der Waals surface area contributed by atoms with Gasteiger partial charge in [0.25, 0.3) is 0 Å². The van der Waals surface area contributed by atoms with Gasteiger partial charge in [-0.25, -0.2) is 14.5 Å². The Kier molecular flexibility index (Phi) is 6.02. The number of methoxy groups -OCH3 is 1. The Morgan fingerprint density at radius 2 is 1.88 bits per heavy atom. The number of rotatable bonds is 4. The van der Waals surface area contributed by atoms with Gasteiger partial charge in [0.2, 0.25) is 5.91 Å². The number of carbonyl (C=O) groups excluding carboxylic acids is 2. The number of hydrogen-bond acceptors (Lipinski definition) is 6. The van der Waals surface area contributed by atoms with Gasteiger partial charge in [-0.2, -0.15) is 5.10 Å². The number of aliphatic imine (C=N–C) groups is 1. The molecule has 5 rings (SSSR count). The summed E-state index contributed by atoms with van der Waals surface area (Å²) in [6.45, 7) is 1.77. The number of allylic oxidation sites excluding steroid dienone is 1. The molecule has 1 fully saturated rings. The Bertz CT molecular complexity index is 1330. The molecule has 3 heterocycles. The predicted octanol–water partition coefficient (Wildman–Crippen LogP) is 5.02. The van der Waals surface area contributed by atoms with Crippen molar-refractivity contribution in [3.05, 3.63) is 82.7 Å². The zero-order valence-electron chi connectivity index (χ0n) is 18.6. The van der Waals surface area contributed by atoms with Crippen LogP contribution in [0.3, 0.4) is 0 Å². The average Bonchev–Trinajstić information content (AvgIpc) is 3.29. The first-order valence-corrected chi connectivity index (χ1v) is 12.1. The minimum Gasteiger partial charge on any atom is -0.466 e. The fourth-order valence-electron chi connectivity index (χ4n) is 4.19. The Morgan fingerprint density at radius 3 is 2.59 bits per heavy atom. The molecule has 3 aromatic rings. The van der Waals surface area contributed by atoms with Gasteiger partial charge in [-0.3, -0.25) is 9.69 Å². The molecule has 2 aliphatic rings. The van der Waals surface area contributed by atoms with Crippen molar-refractivity contribution in [1.82, 2.24) is 14.7 Å². The summed E-state index contributed by atoms with van der Waals surface area (Å²) in [4.78, 5) is 32.3. The predicted molar refractivity (Wildman–Crippen MR) is 133 cm³/mol. The Balaban J connectivity index is 1.76. The molecular formula is C25H21ClN4O3S. The zero-order chi connectivity index (χ0) is 23.8. The van der Waals surface area contributed by atoms with Gasteiger partial charge in [0.05, 0.1) is 29.8 Å². The lowest BCUT2D eigenvalue weighted by atomic mass is 9.92. The molecule has 0 N–H and O–H groups in total. The number of aromatic nitrogens is 2. The summed E-state index contributed by atoms with van der Waals surface area (Å²) in [5.41, 5.74) is 3.87. The molecule has 0 radical (unpaired) electrons. The third-order valence-electron chi connectivity index (χ3n) is 5.79. The molecule has 0 saturated carbocycles. The molecule has 1 unspecified atom stereocenters. The van der Waals surface area contributed by atoms with E-state index in [2.05, 4.69) is 4.99 Å². The van der Waals surface area contributed by atoms with Crippen LogP contribution in [0.15, 0.2) is 77.1 Å². The van der Waals surface area contributed by atoms with Crippen molar-refractivity contribution in [2.45, 2.75) is 19.4 Å². The zero-order valence-corrected chi connectivity index (χ0v) is 20.1. The second-order valence-corrected chi connectivity index (χ2v) is 9.37. The SMILES string of the molecule is COC(=O)C1=C(C)N=C2SCCC(=O)N2C1c1cn(-c2ccccc2)nc1-c1ccc(Cl)cc1. The van der Waals surface area contributed by atoms with Crippen LogP contribution in [-0.2, 0) is 14.3 Å². The summed E-state index contributed by atoms with van der Waals surface area (Å²) < 4.78 is 6.88. The second kappa shape index (κ2) is 9.12. The van der Waals surface area contributed by atoms with Crippen molar-refractivity contribution in [2.75, 3.05) is 12.9 Å². The molecule has 0 aliphatic carbocycles. The molecule has 1 amide bonds. The molecule has 2 aliphatic heterocycles. The number of halogens is 1. The molecule has 34 heavy (non-hydrogen) atoms. The van der Waals surface area contributed by atoms with E-state index in [1.807, 2.05) is 48.7 Å². The minimum atomic E-state index is -0.719.